The van der Waals surface area contributed by atoms with Crippen LogP contribution in [0, 0.1) is 12.8 Å². The van der Waals surface area contributed by atoms with Crippen molar-refractivity contribution in [2.24, 2.45) is 5.92 Å². The Balaban J connectivity index is 1.93. The third-order valence-electron chi connectivity index (χ3n) is 3.83. The smallest absolute Gasteiger partial charge is 0.137 e. The number of aromatic nitrogens is 2. The second-order valence-corrected chi connectivity index (χ2v) is 5.92. The average Bonchev–Trinajstić information content (AvgIpc) is 3.23. The molecule has 1 heterocycles. The van der Waals surface area contributed by atoms with Gasteiger partial charge in [-0.3, -0.25) is 0 Å². The van der Waals surface area contributed by atoms with Gasteiger partial charge in [-0.05, 0) is 38.5 Å². The maximum Gasteiger partial charge on any atom is 0.137 e. The van der Waals surface area contributed by atoms with Crippen molar-refractivity contribution >= 4 is 17.4 Å². The first-order valence-corrected chi connectivity index (χ1v) is 7.36. The Morgan fingerprint density at radius 3 is 2.50 bits per heavy atom. The maximum absolute atomic E-state index is 6.24. The van der Waals surface area contributed by atoms with Crippen molar-refractivity contribution in [3.63, 3.8) is 0 Å². The van der Waals surface area contributed by atoms with E-state index in [-0.39, 0.29) is 0 Å². The first kappa shape index (κ1) is 12.2. The minimum absolute atomic E-state index is 0.623. The fourth-order valence-corrected chi connectivity index (χ4v) is 2.51. The first-order valence-electron chi connectivity index (χ1n) is 6.98. The molecule has 0 bridgehead atoms. The molecule has 1 aromatic rings. The molecule has 3 nitrogen and oxygen atoms in total. The van der Waals surface area contributed by atoms with E-state index in [2.05, 4.69) is 16.8 Å². The van der Waals surface area contributed by atoms with Crippen LogP contribution in [0.25, 0.3) is 0 Å². The fraction of sp³-hybridized carbons (Fsp3) is 0.714. The lowest BCUT2D eigenvalue weighted by atomic mass is 10.2. The van der Waals surface area contributed by atoms with Gasteiger partial charge in [0.1, 0.15) is 16.8 Å². The Bertz CT molecular complexity index is 453. The second kappa shape index (κ2) is 4.69. The minimum atomic E-state index is 0.623. The molecule has 4 heteroatoms. The predicted octanol–water partition coefficient (Wildman–Crippen LogP) is 3.38. The zero-order chi connectivity index (χ0) is 12.7. The van der Waals surface area contributed by atoms with Crippen LogP contribution in [-0.4, -0.2) is 22.6 Å². The van der Waals surface area contributed by atoms with Crippen LogP contribution >= 0.6 is 11.6 Å². The van der Waals surface area contributed by atoms with Gasteiger partial charge in [-0.25, -0.2) is 9.97 Å². The molecule has 0 N–H and O–H groups in total. The second-order valence-electron chi connectivity index (χ2n) is 5.56. The summed E-state index contributed by atoms with van der Waals surface area (Å²) >= 11 is 6.24. The monoisotopic (exact) mass is 265 g/mol. The van der Waals surface area contributed by atoms with Crippen LogP contribution in [0.5, 0.6) is 0 Å². The van der Waals surface area contributed by atoms with Crippen molar-refractivity contribution in [2.75, 3.05) is 11.4 Å². The van der Waals surface area contributed by atoms with Crippen LogP contribution < -0.4 is 4.90 Å². The SMILES string of the molecule is CCc1nc(Cl)c(C)c(N(CC2CC2)C2CC2)n1. The summed E-state index contributed by atoms with van der Waals surface area (Å²) in [5, 5.41) is 0.623. The van der Waals surface area contributed by atoms with Gasteiger partial charge in [0.15, 0.2) is 0 Å². The van der Waals surface area contributed by atoms with Crippen LogP contribution in [0.3, 0.4) is 0 Å². The molecule has 0 spiro atoms. The Labute approximate surface area is 114 Å². The van der Waals surface area contributed by atoms with Crippen LogP contribution in [0.1, 0.15) is 44.0 Å². The first-order chi connectivity index (χ1) is 8.69. The molecular weight excluding hydrogens is 246 g/mol. The Morgan fingerprint density at radius 2 is 1.94 bits per heavy atom. The quantitative estimate of drug-likeness (QED) is 0.765. The maximum atomic E-state index is 6.24. The summed E-state index contributed by atoms with van der Waals surface area (Å²) in [6.45, 7) is 5.27. The number of aryl methyl sites for hydroxylation is 1. The molecule has 0 atom stereocenters. The number of halogens is 1. The molecule has 3 rings (SSSR count). The Kier molecular flexibility index (Phi) is 3.18. The molecule has 98 valence electrons. The summed E-state index contributed by atoms with van der Waals surface area (Å²) < 4.78 is 0. The zero-order valence-electron chi connectivity index (χ0n) is 11.1. The molecule has 0 amide bonds. The van der Waals surface area contributed by atoms with Crippen molar-refractivity contribution in [3.05, 3.63) is 16.5 Å². The standard InChI is InChI=1S/C14H20ClN3/c1-3-12-16-13(15)9(2)14(17-12)18(11-6-7-11)8-10-4-5-10/h10-11H,3-8H2,1-2H3. The Morgan fingerprint density at radius 1 is 1.22 bits per heavy atom. The topological polar surface area (TPSA) is 29.0 Å². The molecule has 1 aromatic heterocycles. The summed E-state index contributed by atoms with van der Waals surface area (Å²) in [4.78, 5) is 11.5. The van der Waals surface area contributed by atoms with Gasteiger partial charge in [0, 0.05) is 24.6 Å². The number of hydrogen-bond donors (Lipinski definition) is 0. The van der Waals surface area contributed by atoms with Crippen molar-refractivity contribution in [1.82, 2.24) is 9.97 Å². The summed E-state index contributed by atoms with van der Waals surface area (Å²) in [6, 6.07) is 0.694. The van der Waals surface area contributed by atoms with E-state index >= 15 is 0 Å². The number of hydrogen-bond acceptors (Lipinski definition) is 3. The van der Waals surface area contributed by atoms with Crippen molar-refractivity contribution in [1.29, 1.82) is 0 Å². The van der Waals surface area contributed by atoms with E-state index in [1.807, 2.05) is 6.92 Å². The van der Waals surface area contributed by atoms with Gasteiger partial charge in [-0.15, -0.1) is 0 Å². The molecule has 0 radical (unpaired) electrons. The van der Waals surface area contributed by atoms with E-state index in [1.165, 1.54) is 25.7 Å². The van der Waals surface area contributed by atoms with Crippen LogP contribution in [-0.2, 0) is 6.42 Å². The third kappa shape index (κ3) is 2.46. The molecule has 0 unspecified atom stereocenters. The van der Waals surface area contributed by atoms with Gasteiger partial charge in [-0.2, -0.15) is 0 Å². The molecule has 2 saturated carbocycles. The van der Waals surface area contributed by atoms with Gasteiger partial charge < -0.3 is 4.90 Å². The number of rotatable bonds is 5. The van der Waals surface area contributed by atoms with E-state index in [1.54, 1.807) is 0 Å². The highest BCUT2D eigenvalue weighted by atomic mass is 35.5. The molecular formula is C14H20ClN3. The van der Waals surface area contributed by atoms with E-state index in [4.69, 9.17) is 16.6 Å². The predicted molar refractivity (Wildman–Crippen MR) is 74.2 cm³/mol. The largest absolute Gasteiger partial charge is 0.353 e. The minimum Gasteiger partial charge on any atom is -0.353 e. The van der Waals surface area contributed by atoms with E-state index in [0.717, 1.165) is 36.1 Å². The molecule has 2 aliphatic carbocycles. The van der Waals surface area contributed by atoms with Gasteiger partial charge in [-0.1, -0.05) is 18.5 Å². The summed E-state index contributed by atoms with van der Waals surface area (Å²) in [5.41, 5.74) is 1.04. The molecule has 0 aromatic carbocycles. The van der Waals surface area contributed by atoms with Gasteiger partial charge in [0.05, 0.1) is 0 Å². The Hall–Kier alpha value is -0.830. The van der Waals surface area contributed by atoms with Crippen LogP contribution in [0.4, 0.5) is 5.82 Å². The molecule has 0 aliphatic heterocycles. The highest BCUT2D eigenvalue weighted by molar-refractivity contribution is 6.30. The third-order valence-corrected chi connectivity index (χ3v) is 4.20. The number of anilines is 1. The molecule has 2 fully saturated rings. The van der Waals surface area contributed by atoms with E-state index < -0.39 is 0 Å². The lowest BCUT2D eigenvalue weighted by Gasteiger charge is -2.25. The van der Waals surface area contributed by atoms with Gasteiger partial charge in [0.25, 0.3) is 0 Å². The van der Waals surface area contributed by atoms with E-state index in [9.17, 15) is 0 Å². The summed E-state index contributed by atoms with van der Waals surface area (Å²) in [7, 11) is 0. The highest BCUT2D eigenvalue weighted by Crippen LogP contribution is 2.38. The zero-order valence-corrected chi connectivity index (χ0v) is 11.9. The van der Waals surface area contributed by atoms with Gasteiger partial charge >= 0.3 is 0 Å². The number of nitrogens with zero attached hydrogens (tertiary/aromatic N) is 3. The highest BCUT2D eigenvalue weighted by Gasteiger charge is 2.35. The summed E-state index contributed by atoms with van der Waals surface area (Å²) in [5.74, 6) is 2.83. The lowest BCUT2D eigenvalue weighted by molar-refractivity contribution is 0.700. The summed E-state index contributed by atoms with van der Waals surface area (Å²) in [6.07, 6.45) is 6.20. The van der Waals surface area contributed by atoms with Crippen molar-refractivity contribution in [2.45, 2.75) is 52.0 Å². The molecule has 2 aliphatic rings. The van der Waals surface area contributed by atoms with Crippen molar-refractivity contribution < 1.29 is 0 Å². The normalized spacial score (nSPS) is 19.1. The molecule has 18 heavy (non-hydrogen) atoms. The molecule has 0 saturated heterocycles. The van der Waals surface area contributed by atoms with Crippen molar-refractivity contribution in [3.8, 4) is 0 Å². The lowest BCUT2D eigenvalue weighted by Crippen LogP contribution is -2.30. The van der Waals surface area contributed by atoms with Crippen LogP contribution in [0.15, 0.2) is 0 Å². The van der Waals surface area contributed by atoms with Gasteiger partial charge in [0.2, 0.25) is 0 Å². The fourth-order valence-electron chi connectivity index (χ4n) is 2.33. The average molecular weight is 266 g/mol. The van der Waals surface area contributed by atoms with E-state index in [0.29, 0.717) is 11.2 Å². The van der Waals surface area contributed by atoms with Crippen LogP contribution in [0.2, 0.25) is 5.15 Å².